The van der Waals surface area contributed by atoms with Gasteiger partial charge in [-0.05, 0) is 5.56 Å². The summed E-state index contributed by atoms with van der Waals surface area (Å²) >= 11 is 1.19. The van der Waals surface area contributed by atoms with Gasteiger partial charge < -0.3 is 5.73 Å². The van der Waals surface area contributed by atoms with Crippen LogP contribution in [0, 0.1) is 10.1 Å². The first kappa shape index (κ1) is 12.4. The normalized spacial score (nSPS) is 18.6. The first-order chi connectivity index (χ1) is 8.49. The van der Waals surface area contributed by atoms with Crippen molar-refractivity contribution >= 4 is 28.5 Å². The second-order valence-electron chi connectivity index (χ2n) is 3.62. The zero-order valence-electron chi connectivity index (χ0n) is 9.44. The highest BCUT2D eigenvalue weighted by molar-refractivity contribution is 8.14. The van der Waals surface area contributed by atoms with E-state index in [-0.39, 0.29) is 16.8 Å². The molecule has 0 spiro atoms. The predicted molar refractivity (Wildman–Crippen MR) is 67.6 cm³/mol. The Morgan fingerprint density at radius 1 is 1.61 bits per heavy atom. The number of nitro benzene ring substituents is 1. The van der Waals surface area contributed by atoms with Crippen molar-refractivity contribution in [2.75, 3.05) is 0 Å². The number of nitro groups is 1. The molecule has 0 fully saturated rings. The average Bonchev–Trinajstić information content (AvgIpc) is 2.72. The summed E-state index contributed by atoms with van der Waals surface area (Å²) in [6.07, 6.45) is 0. The molecule has 1 aromatic rings. The quantitative estimate of drug-likeness (QED) is 0.644. The molecule has 1 atom stereocenters. The van der Waals surface area contributed by atoms with E-state index in [0.717, 1.165) is 0 Å². The minimum absolute atomic E-state index is 0.0259. The van der Waals surface area contributed by atoms with E-state index in [4.69, 9.17) is 5.73 Å². The van der Waals surface area contributed by atoms with Gasteiger partial charge in [-0.15, -0.1) is 5.10 Å². The van der Waals surface area contributed by atoms with Gasteiger partial charge in [0, 0.05) is 19.1 Å². The molecule has 2 rings (SSSR count). The van der Waals surface area contributed by atoms with Crippen LogP contribution in [-0.2, 0) is 4.79 Å². The van der Waals surface area contributed by atoms with E-state index in [0.29, 0.717) is 5.56 Å². The first-order valence-electron chi connectivity index (χ1n) is 5.04. The van der Waals surface area contributed by atoms with Gasteiger partial charge in [0.2, 0.25) is 5.91 Å². The molecule has 1 heterocycles. The number of carbonyl (C=O) groups is 1. The number of thioether (sulfide) groups is 1. The summed E-state index contributed by atoms with van der Waals surface area (Å²) in [6, 6.07) is 6.09. The molecule has 0 saturated heterocycles. The molecule has 18 heavy (non-hydrogen) atoms. The summed E-state index contributed by atoms with van der Waals surface area (Å²) in [5, 5.41) is 15.6. The van der Waals surface area contributed by atoms with Gasteiger partial charge in [-0.3, -0.25) is 14.9 Å². The van der Waals surface area contributed by atoms with Gasteiger partial charge in [0.25, 0.3) is 5.69 Å². The fourth-order valence-corrected chi connectivity index (χ4v) is 2.53. The molecule has 0 aromatic heterocycles. The van der Waals surface area contributed by atoms with E-state index in [1.807, 2.05) is 0 Å². The molecule has 1 aromatic carbocycles. The summed E-state index contributed by atoms with van der Waals surface area (Å²) < 4.78 is 0. The number of non-ortho nitro benzene ring substituents is 1. The zero-order valence-corrected chi connectivity index (χ0v) is 10.3. The Morgan fingerprint density at radius 3 is 2.94 bits per heavy atom. The zero-order chi connectivity index (χ0) is 13.3. The van der Waals surface area contributed by atoms with Crippen molar-refractivity contribution in [2.45, 2.75) is 12.3 Å². The van der Waals surface area contributed by atoms with Crippen molar-refractivity contribution in [1.29, 1.82) is 0 Å². The van der Waals surface area contributed by atoms with Crippen molar-refractivity contribution in [2.24, 2.45) is 10.8 Å². The number of hydrogen-bond acceptors (Lipinski definition) is 6. The number of nitrogens with zero attached hydrogens (tertiary/aromatic N) is 3. The maximum atomic E-state index is 11.4. The lowest BCUT2D eigenvalue weighted by atomic mass is 10.2. The van der Waals surface area contributed by atoms with Crippen LogP contribution in [0.25, 0.3) is 0 Å². The minimum Gasteiger partial charge on any atom is -0.377 e. The summed E-state index contributed by atoms with van der Waals surface area (Å²) in [4.78, 5) is 21.6. The second-order valence-corrected chi connectivity index (χ2v) is 4.72. The first-order valence-corrected chi connectivity index (χ1v) is 5.92. The molecule has 0 bridgehead atoms. The highest BCUT2D eigenvalue weighted by Gasteiger charge is 2.31. The lowest BCUT2D eigenvalue weighted by Gasteiger charge is -2.18. The summed E-state index contributed by atoms with van der Waals surface area (Å²) in [7, 11) is 0. The van der Waals surface area contributed by atoms with Gasteiger partial charge in [-0.25, -0.2) is 5.01 Å². The third-order valence-corrected chi connectivity index (χ3v) is 3.37. The summed E-state index contributed by atoms with van der Waals surface area (Å²) in [5.41, 5.74) is 6.17. The summed E-state index contributed by atoms with van der Waals surface area (Å²) in [5.74, 6) is -0.264. The van der Waals surface area contributed by atoms with Crippen LogP contribution >= 0.6 is 11.8 Å². The maximum absolute atomic E-state index is 11.4. The molecule has 1 amide bonds. The van der Waals surface area contributed by atoms with Crippen LogP contribution in [0.2, 0.25) is 0 Å². The van der Waals surface area contributed by atoms with Gasteiger partial charge >= 0.3 is 0 Å². The van der Waals surface area contributed by atoms with Crippen molar-refractivity contribution in [3.8, 4) is 0 Å². The molecular formula is C10H10N4O3S. The topological polar surface area (TPSA) is 102 Å². The monoisotopic (exact) mass is 266 g/mol. The number of hydrogen-bond donors (Lipinski definition) is 1. The fraction of sp³-hybridized carbons (Fsp3) is 0.200. The van der Waals surface area contributed by atoms with Crippen molar-refractivity contribution in [3.05, 3.63) is 39.9 Å². The van der Waals surface area contributed by atoms with Gasteiger partial charge in [-0.2, -0.15) is 0 Å². The number of benzene rings is 1. The number of amides is 1. The van der Waals surface area contributed by atoms with Crippen LogP contribution in [0.15, 0.2) is 29.4 Å². The Bertz CT molecular complexity index is 546. The number of carbonyl (C=O) groups excluding carboxylic acids is 1. The Morgan fingerprint density at radius 2 is 2.33 bits per heavy atom. The van der Waals surface area contributed by atoms with Gasteiger partial charge in [0.1, 0.15) is 5.37 Å². The van der Waals surface area contributed by atoms with E-state index in [1.165, 1.54) is 35.8 Å². The SMILES string of the molecule is CC(=O)N1N=C(N)S[C@H]1c1cccc([N+](=O)[O-])c1. The Hall–Kier alpha value is -2.09. The standard InChI is InChI=1S/C10H10N4O3S/c1-6(15)13-9(18-10(11)12-13)7-3-2-4-8(5-7)14(16)17/h2-5,9H,1H3,(H2,11,12)/t9-/m0/s1. The lowest BCUT2D eigenvalue weighted by molar-refractivity contribution is -0.384. The van der Waals surface area contributed by atoms with Crippen molar-refractivity contribution in [3.63, 3.8) is 0 Å². The number of amidine groups is 1. The molecule has 0 aliphatic carbocycles. The highest BCUT2D eigenvalue weighted by atomic mass is 32.2. The molecular weight excluding hydrogens is 256 g/mol. The van der Waals surface area contributed by atoms with E-state index in [1.54, 1.807) is 12.1 Å². The third-order valence-electron chi connectivity index (χ3n) is 2.35. The van der Waals surface area contributed by atoms with Crippen LogP contribution in [0.5, 0.6) is 0 Å². The Kier molecular flexibility index (Phi) is 3.19. The van der Waals surface area contributed by atoms with Crippen LogP contribution in [-0.4, -0.2) is 21.0 Å². The molecule has 7 nitrogen and oxygen atoms in total. The highest BCUT2D eigenvalue weighted by Crippen LogP contribution is 2.38. The number of rotatable bonds is 2. The van der Waals surface area contributed by atoms with E-state index < -0.39 is 10.3 Å². The van der Waals surface area contributed by atoms with Gasteiger partial charge in [-0.1, -0.05) is 23.9 Å². The van der Waals surface area contributed by atoms with Crippen LogP contribution in [0.3, 0.4) is 0 Å². The minimum atomic E-state index is -0.481. The largest absolute Gasteiger partial charge is 0.377 e. The van der Waals surface area contributed by atoms with E-state index in [9.17, 15) is 14.9 Å². The summed E-state index contributed by atoms with van der Waals surface area (Å²) in [6.45, 7) is 1.37. The van der Waals surface area contributed by atoms with Gasteiger partial charge in [0.15, 0.2) is 5.17 Å². The lowest BCUT2D eigenvalue weighted by Crippen LogP contribution is -2.23. The molecule has 1 aliphatic rings. The van der Waals surface area contributed by atoms with E-state index >= 15 is 0 Å². The van der Waals surface area contributed by atoms with E-state index in [2.05, 4.69) is 5.10 Å². The molecule has 1 aliphatic heterocycles. The second kappa shape index (κ2) is 4.65. The van der Waals surface area contributed by atoms with Gasteiger partial charge in [0.05, 0.1) is 4.92 Å². The fourth-order valence-electron chi connectivity index (χ4n) is 1.58. The van der Waals surface area contributed by atoms with Crippen molar-refractivity contribution in [1.82, 2.24) is 5.01 Å². The molecule has 2 N–H and O–H groups in total. The van der Waals surface area contributed by atoms with Crippen molar-refractivity contribution < 1.29 is 9.72 Å². The Balaban J connectivity index is 2.34. The molecule has 0 radical (unpaired) electrons. The maximum Gasteiger partial charge on any atom is 0.269 e. The molecule has 0 unspecified atom stereocenters. The molecule has 94 valence electrons. The number of nitrogens with two attached hydrogens (primary N) is 1. The molecule has 0 saturated carbocycles. The van der Waals surface area contributed by atoms with Crippen LogP contribution in [0.4, 0.5) is 5.69 Å². The molecule has 8 heteroatoms. The van der Waals surface area contributed by atoms with Crippen LogP contribution < -0.4 is 5.73 Å². The predicted octanol–water partition coefficient (Wildman–Crippen LogP) is 1.42. The Labute approximate surface area is 107 Å². The smallest absolute Gasteiger partial charge is 0.269 e. The number of hydrazone groups is 1. The average molecular weight is 266 g/mol. The third kappa shape index (κ3) is 2.28. The van der Waals surface area contributed by atoms with Crippen LogP contribution in [0.1, 0.15) is 17.9 Å².